The Bertz CT molecular complexity index is 640. The molecule has 0 fully saturated rings. The quantitative estimate of drug-likeness (QED) is 0.283. The van der Waals surface area contributed by atoms with Gasteiger partial charge in [0.25, 0.3) is 0 Å². The number of hydrogen-bond donors (Lipinski definition) is 0. The molecule has 2 aromatic carbocycles. The van der Waals surface area contributed by atoms with Crippen LogP contribution in [0, 0.1) is 0 Å². The van der Waals surface area contributed by atoms with Gasteiger partial charge in [0.15, 0.2) is 0 Å². The van der Waals surface area contributed by atoms with Gasteiger partial charge in [0.1, 0.15) is 25.4 Å². The van der Waals surface area contributed by atoms with Gasteiger partial charge in [0, 0.05) is 24.0 Å². The first-order valence-corrected chi connectivity index (χ1v) is 8.90. The van der Waals surface area contributed by atoms with E-state index in [9.17, 15) is 4.79 Å². The van der Waals surface area contributed by atoms with Gasteiger partial charge < -0.3 is 14.2 Å². The van der Waals surface area contributed by atoms with Gasteiger partial charge in [-0.05, 0) is 47.7 Å². The maximum Gasteiger partial charge on any atom is 0.150 e. The molecule has 0 amide bonds. The molecule has 0 atom stereocenters. The van der Waals surface area contributed by atoms with Gasteiger partial charge >= 0.3 is 0 Å². The smallest absolute Gasteiger partial charge is 0.150 e. The number of carbonyl (C=O) groups excluding carboxylic acids is 1. The van der Waals surface area contributed by atoms with Crippen molar-refractivity contribution in [2.45, 2.75) is 11.3 Å². The summed E-state index contributed by atoms with van der Waals surface area (Å²) in [5.41, 5.74) is 2.81. The molecular weight excluding hydrogens is 324 g/mol. The average molecular weight is 346 g/mol. The van der Waals surface area contributed by atoms with Crippen molar-refractivity contribution in [3.05, 3.63) is 59.2 Å². The highest BCUT2D eigenvalue weighted by atomic mass is 32.2. The van der Waals surface area contributed by atoms with Crippen molar-refractivity contribution in [3.63, 3.8) is 0 Å². The van der Waals surface area contributed by atoms with E-state index in [1.807, 2.05) is 12.1 Å². The van der Waals surface area contributed by atoms with Crippen LogP contribution in [-0.4, -0.2) is 39.7 Å². The molecule has 0 spiro atoms. The number of aldehydes is 1. The van der Waals surface area contributed by atoms with E-state index in [0.29, 0.717) is 25.2 Å². The largest absolute Gasteiger partial charge is 0.491 e. The molecule has 0 saturated carbocycles. The summed E-state index contributed by atoms with van der Waals surface area (Å²) < 4.78 is 15.9. The number of rotatable bonds is 10. The van der Waals surface area contributed by atoms with Crippen LogP contribution in [0.1, 0.15) is 21.5 Å². The molecule has 0 aliphatic heterocycles. The van der Waals surface area contributed by atoms with Gasteiger partial charge in [-0.15, -0.1) is 11.8 Å². The van der Waals surface area contributed by atoms with Gasteiger partial charge in [-0.25, -0.2) is 0 Å². The lowest BCUT2D eigenvalue weighted by atomic mass is 10.0. The second-order valence-electron chi connectivity index (χ2n) is 5.17. The normalized spacial score (nSPS) is 10.6. The first kappa shape index (κ1) is 18.5. The Morgan fingerprint density at radius 1 is 1.08 bits per heavy atom. The van der Waals surface area contributed by atoms with Crippen LogP contribution in [0.3, 0.4) is 0 Å². The lowest BCUT2D eigenvalue weighted by molar-refractivity contribution is -0.0388. The molecule has 0 unspecified atom stereocenters. The van der Waals surface area contributed by atoms with Crippen molar-refractivity contribution in [1.29, 1.82) is 0 Å². The summed E-state index contributed by atoms with van der Waals surface area (Å²) in [7, 11) is 1.58. The lowest BCUT2D eigenvalue weighted by Crippen LogP contribution is -2.09. The Kier molecular flexibility index (Phi) is 7.82. The maximum atomic E-state index is 11.1. The molecule has 0 aliphatic rings. The van der Waals surface area contributed by atoms with Gasteiger partial charge in [-0.3, -0.25) is 4.79 Å². The molecule has 0 bridgehead atoms. The zero-order valence-electron chi connectivity index (χ0n) is 14.0. The van der Waals surface area contributed by atoms with E-state index in [2.05, 4.69) is 30.5 Å². The molecule has 24 heavy (non-hydrogen) atoms. The zero-order chi connectivity index (χ0) is 17.2. The summed E-state index contributed by atoms with van der Waals surface area (Å²) in [5.74, 6) is 0.774. The molecule has 0 N–H and O–H groups in total. The van der Waals surface area contributed by atoms with Gasteiger partial charge in [0.2, 0.25) is 0 Å². The van der Waals surface area contributed by atoms with Crippen molar-refractivity contribution in [2.75, 3.05) is 33.4 Å². The topological polar surface area (TPSA) is 44.8 Å². The fraction of sp³-hybridized carbons (Fsp3) is 0.316. The van der Waals surface area contributed by atoms with Crippen LogP contribution in [0.15, 0.2) is 47.4 Å². The monoisotopic (exact) mass is 346 g/mol. The molecule has 0 radical (unpaired) electrons. The van der Waals surface area contributed by atoms with Crippen LogP contribution >= 0.6 is 11.8 Å². The maximum absolute atomic E-state index is 11.1. The summed E-state index contributed by atoms with van der Waals surface area (Å²) in [6.07, 6.45) is 3.62. The molecule has 128 valence electrons. The Balaban J connectivity index is 2.08. The number of carbonyl (C=O) groups is 1. The van der Waals surface area contributed by atoms with Crippen LogP contribution < -0.4 is 4.74 Å². The van der Waals surface area contributed by atoms with Crippen molar-refractivity contribution >= 4 is 18.0 Å². The van der Waals surface area contributed by atoms with Gasteiger partial charge in [-0.1, -0.05) is 12.1 Å². The van der Waals surface area contributed by atoms with Crippen molar-refractivity contribution in [1.82, 2.24) is 0 Å². The van der Waals surface area contributed by atoms with E-state index in [0.717, 1.165) is 17.6 Å². The highest BCUT2D eigenvalue weighted by Crippen LogP contribution is 2.24. The predicted octanol–water partition coefficient (Wildman–Crippen LogP) is 3.81. The molecular formula is C19H22O4S. The SMILES string of the molecule is COCOCCOc1ccc(C=O)cc1Cc1ccc(SC)cc1. The molecule has 5 heteroatoms. The van der Waals surface area contributed by atoms with Gasteiger partial charge in [0.05, 0.1) is 6.61 Å². The van der Waals surface area contributed by atoms with Crippen molar-refractivity contribution in [3.8, 4) is 5.75 Å². The predicted molar refractivity (Wildman–Crippen MR) is 96.2 cm³/mol. The Morgan fingerprint density at radius 2 is 1.88 bits per heavy atom. The third-order valence-corrected chi connectivity index (χ3v) is 4.20. The van der Waals surface area contributed by atoms with Gasteiger partial charge in [-0.2, -0.15) is 0 Å². The molecule has 0 aliphatic carbocycles. The van der Waals surface area contributed by atoms with Crippen LogP contribution in [-0.2, 0) is 15.9 Å². The molecule has 0 saturated heterocycles. The van der Waals surface area contributed by atoms with E-state index >= 15 is 0 Å². The van der Waals surface area contributed by atoms with Crippen molar-refractivity contribution < 1.29 is 19.0 Å². The van der Waals surface area contributed by atoms with E-state index in [1.165, 1.54) is 10.5 Å². The lowest BCUT2D eigenvalue weighted by Gasteiger charge is -2.13. The molecule has 2 aromatic rings. The highest BCUT2D eigenvalue weighted by Gasteiger charge is 2.07. The second kappa shape index (κ2) is 10.1. The Hall–Kier alpha value is -1.82. The molecule has 2 rings (SSSR count). The summed E-state index contributed by atoms with van der Waals surface area (Å²) in [5, 5.41) is 0. The number of methoxy groups -OCH3 is 1. The first-order chi connectivity index (χ1) is 11.8. The zero-order valence-corrected chi connectivity index (χ0v) is 14.8. The van der Waals surface area contributed by atoms with Crippen LogP contribution in [0.5, 0.6) is 5.75 Å². The third kappa shape index (κ3) is 5.67. The summed E-state index contributed by atoms with van der Waals surface area (Å²) in [6, 6.07) is 13.9. The first-order valence-electron chi connectivity index (χ1n) is 7.67. The Labute approximate surface area is 147 Å². The van der Waals surface area contributed by atoms with E-state index < -0.39 is 0 Å². The fourth-order valence-electron chi connectivity index (χ4n) is 2.27. The average Bonchev–Trinajstić information content (AvgIpc) is 2.63. The Morgan fingerprint density at radius 3 is 2.54 bits per heavy atom. The standard InChI is InChI=1S/C19H22O4S/c1-21-14-22-9-10-23-19-8-5-16(13-20)12-17(19)11-15-3-6-18(24-2)7-4-15/h3-8,12-13H,9-11,14H2,1-2H3. The molecule has 4 nitrogen and oxygen atoms in total. The molecule has 0 aromatic heterocycles. The van der Waals surface area contributed by atoms with Crippen LogP contribution in [0.25, 0.3) is 0 Å². The minimum Gasteiger partial charge on any atom is -0.491 e. The van der Waals surface area contributed by atoms with Crippen LogP contribution in [0.4, 0.5) is 0 Å². The van der Waals surface area contributed by atoms with E-state index in [1.54, 1.807) is 24.9 Å². The number of hydrogen-bond acceptors (Lipinski definition) is 5. The van der Waals surface area contributed by atoms with E-state index in [-0.39, 0.29) is 6.79 Å². The summed E-state index contributed by atoms with van der Waals surface area (Å²) in [6.45, 7) is 1.13. The minimum absolute atomic E-state index is 0.252. The molecule has 0 heterocycles. The number of ether oxygens (including phenoxy) is 3. The summed E-state index contributed by atoms with van der Waals surface area (Å²) >= 11 is 1.72. The highest BCUT2D eigenvalue weighted by molar-refractivity contribution is 7.98. The fourth-order valence-corrected chi connectivity index (χ4v) is 2.68. The number of benzene rings is 2. The van der Waals surface area contributed by atoms with Crippen molar-refractivity contribution in [2.24, 2.45) is 0 Å². The van der Waals surface area contributed by atoms with Crippen LogP contribution in [0.2, 0.25) is 0 Å². The second-order valence-corrected chi connectivity index (χ2v) is 6.05. The van der Waals surface area contributed by atoms with E-state index in [4.69, 9.17) is 14.2 Å². The minimum atomic E-state index is 0.252. The third-order valence-electron chi connectivity index (χ3n) is 3.46. The summed E-state index contributed by atoms with van der Waals surface area (Å²) in [4.78, 5) is 12.3. The number of thioether (sulfide) groups is 1.